The topological polar surface area (TPSA) is 93.9 Å². The van der Waals surface area contributed by atoms with Gasteiger partial charge in [0.05, 0.1) is 24.1 Å². The minimum atomic E-state index is -0.425. The van der Waals surface area contributed by atoms with Gasteiger partial charge < -0.3 is 14.2 Å². The van der Waals surface area contributed by atoms with E-state index in [1.807, 2.05) is 12.1 Å². The van der Waals surface area contributed by atoms with E-state index in [2.05, 4.69) is 20.1 Å². The number of ether oxygens (including phenoxy) is 1. The summed E-state index contributed by atoms with van der Waals surface area (Å²) in [6.07, 6.45) is 0. The van der Waals surface area contributed by atoms with Crippen LogP contribution in [-0.4, -0.2) is 27.2 Å². The van der Waals surface area contributed by atoms with Crippen LogP contribution in [0, 0.1) is 5.82 Å². The van der Waals surface area contributed by atoms with Gasteiger partial charge in [-0.25, -0.2) is 9.37 Å². The van der Waals surface area contributed by atoms with E-state index in [4.69, 9.17) is 9.26 Å². The van der Waals surface area contributed by atoms with Gasteiger partial charge in [0.1, 0.15) is 11.6 Å². The lowest BCUT2D eigenvalue weighted by molar-refractivity contribution is 0.391. The monoisotopic (exact) mass is 410 g/mol. The van der Waals surface area contributed by atoms with Crippen molar-refractivity contribution >= 4 is 11.8 Å². The average molecular weight is 410 g/mol. The second-order valence-corrected chi connectivity index (χ2v) is 6.91. The van der Waals surface area contributed by atoms with Gasteiger partial charge in [0.15, 0.2) is 5.16 Å². The zero-order valence-corrected chi connectivity index (χ0v) is 16.1. The van der Waals surface area contributed by atoms with Crippen LogP contribution < -0.4 is 10.3 Å². The first-order valence-electron chi connectivity index (χ1n) is 8.58. The number of hydrogen-bond donors (Lipinski definition) is 1. The SMILES string of the molecule is COc1ccc(-c2cc(=O)[nH]c(SCc3nc(-c4ccccc4F)no3)n2)cc1. The third-order valence-electron chi connectivity index (χ3n) is 4.02. The van der Waals surface area contributed by atoms with Gasteiger partial charge in [-0.2, -0.15) is 4.98 Å². The van der Waals surface area contributed by atoms with Gasteiger partial charge >= 0.3 is 0 Å². The van der Waals surface area contributed by atoms with E-state index in [9.17, 15) is 9.18 Å². The summed E-state index contributed by atoms with van der Waals surface area (Å²) in [5.41, 5.74) is 1.32. The van der Waals surface area contributed by atoms with Crippen LogP contribution in [0.1, 0.15) is 5.89 Å². The first kappa shape index (κ1) is 18.9. The summed E-state index contributed by atoms with van der Waals surface area (Å²) >= 11 is 1.24. The Hall–Kier alpha value is -3.46. The molecule has 2 heterocycles. The molecule has 4 aromatic rings. The van der Waals surface area contributed by atoms with E-state index in [0.29, 0.717) is 16.7 Å². The molecule has 0 aliphatic carbocycles. The fourth-order valence-corrected chi connectivity index (χ4v) is 3.32. The zero-order valence-electron chi connectivity index (χ0n) is 15.3. The Labute approximate surface area is 169 Å². The van der Waals surface area contributed by atoms with Gasteiger partial charge in [0, 0.05) is 11.6 Å². The zero-order chi connectivity index (χ0) is 20.2. The molecule has 0 unspecified atom stereocenters. The van der Waals surface area contributed by atoms with Crippen molar-refractivity contribution in [3.05, 3.63) is 76.7 Å². The van der Waals surface area contributed by atoms with Crippen molar-refractivity contribution in [1.29, 1.82) is 0 Å². The summed E-state index contributed by atoms with van der Waals surface area (Å²) in [7, 11) is 1.59. The lowest BCUT2D eigenvalue weighted by Crippen LogP contribution is -2.08. The number of nitrogens with zero attached hydrogens (tertiary/aromatic N) is 3. The molecule has 0 radical (unpaired) electrons. The number of methoxy groups -OCH3 is 1. The van der Waals surface area contributed by atoms with Crippen molar-refractivity contribution in [3.8, 4) is 28.4 Å². The smallest absolute Gasteiger partial charge is 0.252 e. The molecule has 4 rings (SSSR count). The Morgan fingerprint density at radius 2 is 1.93 bits per heavy atom. The summed E-state index contributed by atoms with van der Waals surface area (Å²) in [5, 5.41) is 4.23. The van der Waals surface area contributed by atoms with Gasteiger partial charge in [-0.05, 0) is 36.4 Å². The quantitative estimate of drug-likeness (QED) is 0.380. The van der Waals surface area contributed by atoms with Crippen LogP contribution in [0.5, 0.6) is 5.75 Å². The molecule has 146 valence electrons. The predicted molar refractivity (Wildman–Crippen MR) is 106 cm³/mol. The predicted octanol–water partition coefficient (Wildman–Crippen LogP) is 3.93. The van der Waals surface area contributed by atoms with Crippen molar-refractivity contribution < 1.29 is 13.7 Å². The van der Waals surface area contributed by atoms with E-state index in [1.54, 1.807) is 37.4 Å². The fourth-order valence-electron chi connectivity index (χ4n) is 2.61. The van der Waals surface area contributed by atoms with Crippen LogP contribution >= 0.6 is 11.8 Å². The van der Waals surface area contributed by atoms with E-state index in [0.717, 1.165) is 11.3 Å². The Bertz CT molecular complexity index is 1190. The molecule has 2 aromatic heterocycles. The fraction of sp³-hybridized carbons (Fsp3) is 0.100. The molecule has 0 spiro atoms. The molecule has 0 saturated heterocycles. The van der Waals surface area contributed by atoms with Crippen molar-refractivity contribution in [3.63, 3.8) is 0 Å². The largest absolute Gasteiger partial charge is 0.497 e. The molecule has 1 N–H and O–H groups in total. The van der Waals surface area contributed by atoms with Gasteiger partial charge in [-0.15, -0.1) is 0 Å². The molecule has 0 bridgehead atoms. The molecule has 7 nitrogen and oxygen atoms in total. The number of thioether (sulfide) groups is 1. The number of rotatable bonds is 6. The summed E-state index contributed by atoms with van der Waals surface area (Å²) < 4.78 is 24.2. The van der Waals surface area contributed by atoms with Crippen LogP contribution in [0.25, 0.3) is 22.6 Å². The number of hydrogen-bond acceptors (Lipinski definition) is 7. The molecular formula is C20H15FN4O3S. The Morgan fingerprint density at radius 3 is 2.69 bits per heavy atom. The molecule has 9 heteroatoms. The standard InChI is InChI=1S/C20H15FN4O3S/c1-27-13-8-6-12(7-9-13)16-10-17(26)23-20(22-16)29-11-18-24-19(25-28-18)14-4-2-3-5-15(14)21/h2-10H,11H2,1H3,(H,22,23,26). The second kappa shape index (κ2) is 8.27. The van der Waals surface area contributed by atoms with Crippen LogP contribution in [0.3, 0.4) is 0 Å². The van der Waals surface area contributed by atoms with E-state index >= 15 is 0 Å². The van der Waals surface area contributed by atoms with Gasteiger partial charge in [0.25, 0.3) is 5.56 Å². The molecule has 0 aliphatic heterocycles. The molecule has 2 aromatic carbocycles. The molecule has 0 fully saturated rings. The maximum absolute atomic E-state index is 13.8. The first-order valence-corrected chi connectivity index (χ1v) is 9.57. The molecule has 0 atom stereocenters. The number of nitrogens with one attached hydrogen (secondary N) is 1. The normalized spacial score (nSPS) is 10.8. The van der Waals surface area contributed by atoms with E-state index in [1.165, 1.54) is 23.9 Å². The number of halogens is 1. The van der Waals surface area contributed by atoms with Gasteiger partial charge in [-0.3, -0.25) is 4.79 Å². The summed E-state index contributed by atoms with van der Waals surface area (Å²) in [6, 6.07) is 14.9. The maximum Gasteiger partial charge on any atom is 0.252 e. The highest BCUT2D eigenvalue weighted by molar-refractivity contribution is 7.98. The highest BCUT2D eigenvalue weighted by Crippen LogP contribution is 2.25. The Kier molecular flexibility index (Phi) is 5.39. The number of benzene rings is 2. The molecular weight excluding hydrogens is 395 g/mol. The maximum atomic E-state index is 13.8. The van der Waals surface area contributed by atoms with E-state index < -0.39 is 5.82 Å². The Morgan fingerprint density at radius 1 is 1.14 bits per heavy atom. The minimum absolute atomic E-state index is 0.173. The lowest BCUT2D eigenvalue weighted by Gasteiger charge is -2.04. The third-order valence-corrected chi connectivity index (χ3v) is 4.88. The van der Waals surface area contributed by atoms with Crippen molar-refractivity contribution in [1.82, 2.24) is 20.1 Å². The molecule has 0 aliphatic rings. The highest BCUT2D eigenvalue weighted by atomic mass is 32.2. The van der Waals surface area contributed by atoms with Crippen LogP contribution in [0.15, 0.2) is 69.1 Å². The Balaban J connectivity index is 1.51. The lowest BCUT2D eigenvalue weighted by atomic mass is 10.1. The molecule has 0 saturated carbocycles. The van der Waals surface area contributed by atoms with E-state index in [-0.39, 0.29) is 22.7 Å². The number of aromatic nitrogens is 4. The van der Waals surface area contributed by atoms with Crippen molar-refractivity contribution in [2.24, 2.45) is 0 Å². The molecule has 29 heavy (non-hydrogen) atoms. The molecule has 0 amide bonds. The summed E-state index contributed by atoms with van der Waals surface area (Å²) in [6.45, 7) is 0. The first-order chi connectivity index (χ1) is 14.1. The third kappa shape index (κ3) is 4.35. The summed E-state index contributed by atoms with van der Waals surface area (Å²) in [5.74, 6) is 1.04. The summed E-state index contributed by atoms with van der Waals surface area (Å²) in [4.78, 5) is 23.4. The number of aromatic amines is 1. The second-order valence-electron chi connectivity index (χ2n) is 5.94. The van der Waals surface area contributed by atoms with Crippen LogP contribution in [-0.2, 0) is 5.75 Å². The van der Waals surface area contributed by atoms with Crippen molar-refractivity contribution in [2.75, 3.05) is 7.11 Å². The van der Waals surface area contributed by atoms with Gasteiger partial charge in [0.2, 0.25) is 11.7 Å². The van der Waals surface area contributed by atoms with Crippen molar-refractivity contribution in [2.45, 2.75) is 10.9 Å². The average Bonchev–Trinajstić information content (AvgIpc) is 3.21. The highest BCUT2D eigenvalue weighted by Gasteiger charge is 2.13. The van der Waals surface area contributed by atoms with Crippen LogP contribution in [0.4, 0.5) is 4.39 Å². The van der Waals surface area contributed by atoms with Crippen LogP contribution in [0.2, 0.25) is 0 Å². The minimum Gasteiger partial charge on any atom is -0.497 e. The number of H-pyrrole nitrogens is 1. The van der Waals surface area contributed by atoms with Gasteiger partial charge in [-0.1, -0.05) is 29.1 Å².